The number of ketones is 2. The van der Waals surface area contributed by atoms with Crippen molar-refractivity contribution in [2.24, 2.45) is 23.5 Å². The molecule has 0 saturated heterocycles. The predicted octanol–water partition coefficient (Wildman–Crippen LogP) is 0.866. The highest BCUT2D eigenvalue weighted by Crippen LogP contribution is 2.52. The van der Waals surface area contributed by atoms with Crippen molar-refractivity contribution in [1.29, 1.82) is 0 Å². The number of carbonyl (C=O) groups is 3. The number of rotatable bonds is 6. The second-order valence-corrected chi connectivity index (χ2v) is 10.6. The molecule has 1 aromatic carbocycles. The van der Waals surface area contributed by atoms with Gasteiger partial charge in [0.2, 0.25) is 5.78 Å². The number of primary amides is 1. The van der Waals surface area contributed by atoms with Gasteiger partial charge in [-0.2, -0.15) is 0 Å². The Balaban J connectivity index is 1.86. The zero-order chi connectivity index (χ0) is 26.7. The molecule has 3 aliphatic carbocycles. The number of likely N-dealkylation sites (N-methyl/N-ethyl adjacent to an activating group) is 1. The average molecular weight is 500 g/mol. The Labute approximate surface area is 209 Å². The highest BCUT2D eigenvalue weighted by atomic mass is 16.3. The van der Waals surface area contributed by atoms with Crippen LogP contribution in [0.25, 0.3) is 0 Å². The SMILES string of the molecule is CC(C)CNCc1ccc(O)c2c1C[C@@H]1C[C@@H]3C(N(C)C)C(O)=C(C(N)=O)C(=O)[C@]3(O)C(O)=C1C2=O. The standard InChI is InChI=1S/C26H33N3O7/c1-11(2)9-28-10-12-5-6-16(30)18-14(12)7-13-8-15-20(29(3)4)22(32)19(25(27)35)24(34)26(15,36)23(33)17(13)21(18)31/h5-6,11,13,15,20,28,30,32-33,36H,7-10H2,1-4H3,(H2,27,35)/t13-,15-,20?,26-/m1/s1. The molecule has 10 heteroatoms. The van der Waals surface area contributed by atoms with Crippen molar-refractivity contribution in [2.75, 3.05) is 20.6 Å². The molecule has 0 heterocycles. The number of Topliss-reactive ketones (excluding diaryl/α,β-unsaturated/α-hetero) is 2. The number of benzene rings is 1. The third-order valence-electron chi connectivity index (χ3n) is 7.57. The van der Waals surface area contributed by atoms with Gasteiger partial charge >= 0.3 is 0 Å². The van der Waals surface area contributed by atoms with Gasteiger partial charge in [-0.05, 0) is 62.5 Å². The summed E-state index contributed by atoms with van der Waals surface area (Å²) in [5.41, 5.74) is 3.25. The topological polar surface area (TPSA) is 173 Å². The van der Waals surface area contributed by atoms with E-state index < -0.39 is 58.0 Å². The minimum Gasteiger partial charge on any atom is -0.510 e. The molecule has 10 nitrogen and oxygen atoms in total. The highest BCUT2D eigenvalue weighted by Gasteiger charge is 2.63. The zero-order valence-corrected chi connectivity index (χ0v) is 20.8. The van der Waals surface area contributed by atoms with E-state index in [0.29, 0.717) is 18.0 Å². The summed E-state index contributed by atoms with van der Waals surface area (Å²) in [5, 5.41) is 47.6. The number of aromatic hydroxyl groups is 1. The van der Waals surface area contributed by atoms with E-state index in [1.807, 2.05) is 0 Å². The number of nitrogens with zero attached hydrogens (tertiary/aromatic N) is 1. The van der Waals surface area contributed by atoms with Gasteiger partial charge in [-0.25, -0.2) is 0 Å². The number of nitrogens with one attached hydrogen (secondary N) is 1. The van der Waals surface area contributed by atoms with Crippen LogP contribution in [-0.2, 0) is 22.6 Å². The number of nitrogens with two attached hydrogens (primary N) is 1. The molecule has 0 aromatic heterocycles. The van der Waals surface area contributed by atoms with Crippen molar-refractivity contribution >= 4 is 17.5 Å². The zero-order valence-electron chi connectivity index (χ0n) is 20.8. The third kappa shape index (κ3) is 3.71. The molecular weight excluding hydrogens is 466 g/mol. The Morgan fingerprint density at radius 1 is 1.22 bits per heavy atom. The van der Waals surface area contributed by atoms with Crippen LogP contribution in [0.4, 0.5) is 0 Å². The molecule has 0 bridgehead atoms. The van der Waals surface area contributed by atoms with Gasteiger partial charge in [0, 0.05) is 18.0 Å². The maximum absolute atomic E-state index is 13.7. The van der Waals surface area contributed by atoms with Gasteiger partial charge in [-0.15, -0.1) is 0 Å². The van der Waals surface area contributed by atoms with E-state index in [-0.39, 0.29) is 29.7 Å². The van der Waals surface area contributed by atoms with Gasteiger partial charge < -0.3 is 31.5 Å². The Bertz CT molecular complexity index is 1220. The number of phenols is 1. The van der Waals surface area contributed by atoms with Crippen molar-refractivity contribution in [2.45, 2.75) is 44.9 Å². The van der Waals surface area contributed by atoms with Crippen LogP contribution in [0.3, 0.4) is 0 Å². The molecular formula is C26H33N3O7. The number of aliphatic hydroxyl groups is 3. The lowest BCUT2D eigenvalue weighted by molar-refractivity contribution is -0.148. The molecule has 0 fully saturated rings. The van der Waals surface area contributed by atoms with E-state index in [9.17, 15) is 34.8 Å². The smallest absolute Gasteiger partial charge is 0.255 e. The lowest BCUT2D eigenvalue weighted by Gasteiger charge is -2.50. The summed E-state index contributed by atoms with van der Waals surface area (Å²) in [6, 6.07) is 2.16. The molecule has 4 rings (SSSR count). The minimum absolute atomic E-state index is 0.0274. The molecule has 0 radical (unpaired) electrons. The number of carbonyl (C=O) groups excluding carboxylic acids is 3. The Morgan fingerprint density at radius 2 is 1.89 bits per heavy atom. The van der Waals surface area contributed by atoms with Gasteiger partial charge in [0.25, 0.3) is 5.91 Å². The van der Waals surface area contributed by atoms with E-state index in [1.165, 1.54) is 11.0 Å². The van der Waals surface area contributed by atoms with Crippen LogP contribution in [0.15, 0.2) is 34.8 Å². The largest absolute Gasteiger partial charge is 0.510 e. The van der Waals surface area contributed by atoms with Crippen molar-refractivity contribution in [1.82, 2.24) is 10.2 Å². The fraction of sp³-hybridized carbons (Fsp3) is 0.500. The fourth-order valence-electron chi connectivity index (χ4n) is 5.98. The lowest BCUT2D eigenvalue weighted by Crippen LogP contribution is -2.63. The van der Waals surface area contributed by atoms with Crippen LogP contribution >= 0.6 is 0 Å². The van der Waals surface area contributed by atoms with Gasteiger partial charge in [0.15, 0.2) is 11.4 Å². The van der Waals surface area contributed by atoms with E-state index in [1.54, 1.807) is 20.2 Å². The number of amides is 1. The predicted molar refractivity (Wildman–Crippen MR) is 130 cm³/mol. The molecule has 3 aliphatic rings. The number of hydrogen-bond donors (Lipinski definition) is 6. The first kappa shape index (κ1) is 25.9. The molecule has 1 unspecified atom stereocenters. The maximum Gasteiger partial charge on any atom is 0.255 e. The Hall–Kier alpha value is -3.21. The van der Waals surface area contributed by atoms with Crippen LogP contribution in [-0.4, -0.2) is 75.1 Å². The first-order valence-corrected chi connectivity index (χ1v) is 12.0. The number of allylic oxidation sites excluding steroid dienone is 1. The summed E-state index contributed by atoms with van der Waals surface area (Å²) in [6.45, 7) is 5.38. The van der Waals surface area contributed by atoms with E-state index in [2.05, 4.69) is 19.2 Å². The summed E-state index contributed by atoms with van der Waals surface area (Å²) in [5.74, 6) is -6.06. The van der Waals surface area contributed by atoms with Crippen molar-refractivity contribution in [3.63, 3.8) is 0 Å². The monoisotopic (exact) mass is 499 g/mol. The summed E-state index contributed by atoms with van der Waals surface area (Å²) in [7, 11) is 3.20. The van der Waals surface area contributed by atoms with Crippen LogP contribution in [0.2, 0.25) is 0 Å². The van der Waals surface area contributed by atoms with Crippen LogP contribution < -0.4 is 11.1 Å². The second-order valence-electron chi connectivity index (χ2n) is 10.6. The Morgan fingerprint density at radius 3 is 2.47 bits per heavy atom. The summed E-state index contributed by atoms with van der Waals surface area (Å²) in [6.07, 6.45) is 0.349. The van der Waals surface area contributed by atoms with E-state index in [0.717, 1.165) is 12.1 Å². The molecule has 0 saturated carbocycles. The molecule has 4 atom stereocenters. The molecule has 1 aromatic rings. The summed E-state index contributed by atoms with van der Waals surface area (Å²) >= 11 is 0. The Kier molecular flexibility index (Phi) is 6.48. The fourth-order valence-corrected chi connectivity index (χ4v) is 5.98. The van der Waals surface area contributed by atoms with Gasteiger partial charge in [0.05, 0.1) is 11.6 Å². The average Bonchev–Trinajstić information content (AvgIpc) is 2.77. The molecule has 7 N–H and O–H groups in total. The molecule has 36 heavy (non-hydrogen) atoms. The molecule has 194 valence electrons. The van der Waals surface area contributed by atoms with Gasteiger partial charge in [-0.1, -0.05) is 19.9 Å². The van der Waals surface area contributed by atoms with E-state index in [4.69, 9.17) is 5.73 Å². The van der Waals surface area contributed by atoms with Gasteiger partial charge in [-0.3, -0.25) is 19.3 Å². The molecule has 0 aliphatic heterocycles. The minimum atomic E-state index is -2.63. The third-order valence-corrected chi connectivity index (χ3v) is 7.57. The van der Waals surface area contributed by atoms with Crippen molar-refractivity contribution in [3.05, 3.63) is 51.5 Å². The van der Waals surface area contributed by atoms with Crippen molar-refractivity contribution < 1.29 is 34.8 Å². The maximum atomic E-state index is 13.7. The van der Waals surface area contributed by atoms with Crippen LogP contribution in [0, 0.1) is 17.8 Å². The van der Waals surface area contributed by atoms with Crippen molar-refractivity contribution in [3.8, 4) is 5.75 Å². The quantitative estimate of drug-likeness (QED) is 0.310. The molecule has 0 spiro atoms. The first-order valence-electron chi connectivity index (χ1n) is 12.0. The second kappa shape index (κ2) is 9.02. The molecule has 1 amide bonds. The number of hydrogen-bond acceptors (Lipinski definition) is 9. The number of aliphatic hydroxyl groups excluding tert-OH is 2. The lowest BCUT2D eigenvalue weighted by atomic mass is 9.58. The summed E-state index contributed by atoms with van der Waals surface area (Å²) in [4.78, 5) is 40.5. The number of phenolic OH excluding ortho intramolecular Hbond substituents is 1. The first-order chi connectivity index (χ1) is 16.8. The number of fused-ring (bicyclic) bond motifs is 3. The summed E-state index contributed by atoms with van der Waals surface area (Å²) < 4.78 is 0. The van der Waals surface area contributed by atoms with Gasteiger partial charge in [0.1, 0.15) is 22.8 Å². The van der Waals surface area contributed by atoms with Crippen LogP contribution in [0.1, 0.15) is 41.8 Å². The van der Waals surface area contributed by atoms with Crippen LogP contribution in [0.5, 0.6) is 5.75 Å². The van der Waals surface area contributed by atoms with E-state index >= 15 is 0 Å². The highest BCUT2D eigenvalue weighted by molar-refractivity contribution is 6.24. The normalized spacial score (nSPS) is 27.9.